The third kappa shape index (κ3) is 2.99. The van der Waals surface area contributed by atoms with Crippen molar-refractivity contribution in [1.82, 2.24) is 0 Å². The van der Waals surface area contributed by atoms with Gasteiger partial charge in [-0.15, -0.1) is 0 Å². The Balaban J connectivity index is 2.14. The number of nitrogen functional groups attached to an aromatic ring is 1. The molecule has 0 aliphatic heterocycles. The van der Waals surface area contributed by atoms with Crippen molar-refractivity contribution in [2.24, 2.45) is 0 Å². The third-order valence-electron chi connectivity index (χ3n) is 2.80. The zero-order chi connectivity index (χ0) is 14.0. The van der Waals surface area contributed by atoms with Crippen molar-refractivity contribution in [2.45, 2.75) is 13.5 Å². The number of benzene rings is 2. The fourth-order valence-corrected chi connectivity index (χ4v) is 1.70. The molecule has 0 radical (unpaired) electrons. The number of nitrogens with one attached hydrogen (secondary N) is 1. The quantitative estimate of drug-likeness (QED) is 0.833. The van der Waals surface area contributed by atoms with E-state index in [0.29, 0.717) is 16.8 Å². The number of anilines is 2. The van der Waals surface area contributed by atoms with Crippen molar-refractivity contribution < 1.29 is 13.2 Å². The molecule has 3 N–H and O–H groups in total. The maximum Gasteiger partial charge on any atom is 0.159 e. The summed E-state index contributed by atoms with van der Waals surface area (Å²) in [5.41, 5.74) is 7.53. The Morgan fingerprint density at radius 1 is 1.00 bits per heavy atom. The summed E-state index contributed by atoms with van der Waals surface area (Å²) in [5, 5.41) is 2.96. The fourth-order valence-electron chi connectivity index (χ4n) is 1.70. The van der Waals surface area contributed by atoms with Crippen molar-refractivity contribution in [3.05, 3.63) is 58.9 Å². The summed E-state index contributed by atoms with van der Waals surface area (Å²) in [5.74, 6) is -2.17. The molecule has 0 aromatic heterocycles. The van der Waals surface area contributed by atoms with Crippen LogP contribution in [0.2, 0.25) is 0 Å². The molecule has 2 nitrogen and oxygen atoms in total. The molecule has 0 heterocycles. The standard InChI is InChI=1S/C14H13F3N2/c1-8-4-14(13(18)6-11(8)16)19-7-9-2-3-10(15)12(17)5-9/h2-6,19H,7,18H2,1H3. The zero-order valence-electron chi connectivity index (χ0n) is 10.3. The van der Waals surface area contributed by atoms with Crippen molar-refractivity contribution in [2.75, 3.05) is 11.1 Å². The van der Waals surface area contributed by atoms with E-state index >= 15 is 0 Å². The fraction of sp³-hybridized carbons (Fsp3) is 0.143. The summed E-state index contributed by atoms with van der Waals surface area (Å²) >= 11 is 0. The largest absolute Gasteiger partial charge is 0.397 e. The van der Waals surface area contributed by atoms with Crippen molar-refractivity contribution in [3.8, 4) is 0 Å². The molecule has 5 heteroatoms. The molecular weight excluding hydrogens is 253 g/mol. The van der Waals surface area contributed by atoms with E-state index in [0.717, 1.165) is 12.1 Å². The van der Waals surface area contributed by atoms with Gasteiger partial charge in [0, 0.05) is 6.54 Å². The number of rotatable bonds is 3. The monoisotopic (exact) mass is 266 g/mol. The van der Waals surface area contributed by atoms with Crippen LogP contribution in [0.4, 0.5) is 24.5 Å². The lowest BCUT2D eigenvalue weighted by molar-refractivity contribution is 0.507. The van der Waals surface area contributed by atoms with Crippen molar-refractivity contribution in [1.29, 1.82) is 0 Å². The minimum atomic E-state index is -0.900. The zero-order valence-corrected chi connectivity index (χ0v) is 10.3. The second-order valence-corrected chi connectivity index (χ2v) is 4.29. The van der Waals surface area contributed by atoms with Gasteiger partial charge in [-0.2, -0.15) is 0 Å². The molecule has 100 valence electrons. The topological polar surface area (TPSA) is 38.0 Å². The highest BCUT2D eigenvalue weighted by atomic mass is 19.2. The van der Waals surface area contributed by atoms with Crippen LogP contribution in [0.1, 0.15) is 11.1 Å². The van der Waals surface area contributed by atoms with Gasteiger partial charge in [0.15, 0.2) is 11.6 Å². The number of nitrogens with two attached hydrogens (primary N) is 1. The summed E-state index contributed by atoms with van der Waals surface area (Å²) in [7, 11) is 0. The first-order chi connectivity index (χ1) is 8.97. The Morgan fingerprint density at radius 3 is 2.42 bits per heavy atom. The lowest BCUT2D eigenvalue weighted by Gasteiger charge is -2.11. The average molecular weight is 266 g/mol. The van der Waals surface area contributed by atoms with Gasteiger partial charge in [0.25, 0.3) is 0 Å². The summed E-state index contributed by atoms with van der Waals surface area (Å²) in [6.07, 6.45) is 0. The molecule has 0 saturated heterocycles. The molecule has 2 aromatic rings. The Bertz CT molecular complexity index is 612. The van der Waals surface area contributed by atoms with Gasteiger partial charge in [-0.3, -0.25) is 0 Å². The first-order valence-corrected chi connectivity index (χ1v) is 5.71. The van der Waals surface area contributed by atoms with Crippen LogP contribution in [0.15, 0.2) is 30.3 Å². The van der Waals surface area contributed by atoms with Gasteiger partial charge in [0.1, 0.15) is 5.82 Å². The van der Waals surface area contributed by atoms with E-state index in [1.807, 2.05) is 0 Å². The minimum Gasteiger partial charge on any atom is -0.397 e. The normalized spacial score (nSPS) is 10.5. The molecule has 19 heavy (non-hydrogen) atoms. The SMILES string of the molecule is Cc1cc(NCc2ccc(F)c(F)c2)c(N)cc1F. The van der Waals surface area contributed by atoms with Crippen LogP contribution in [-0.2, 0) is 6.54 Å². The van der Waals surface area contributed by atoms with Crippen LogP contribution >= 0.6 is 0 Å². The summed E-state index contributed by atoms with van der Waals surface area (Å²) < 4.78 is 39.0. The second kappa shape index (κ2) is 5.22. The molecule has 0 fully saturated rings. The molecule has 0 unspecified atom stereocenters. The first kappa shape index (κ1) is 13.3. The molecule has 0 aliphatic rings. The van der Waals surface area contributed by atoms with E-state index in [-0.39, 0.29) is 18.0 Å². The Hall–Kier alpha value is -2.17. The Morgan fingerprint density at radius 2 is 1.74 bits per heavy atom. The van der Waals surface area contributed by atoms with Crippen LogP contribution in [0.25, 0.3) is 0 Å². The lowest BCUT2D eigenvalue weighted by atomic mass is 10.1. The van der Waals surface area contributed by atoms with E-state index in [1.54, 1.807) is 13.0 Å². The van der Waals surface area contributed by atoms with Crippen LogP contribution in [-0.4, -0.2) is 0 Å². The smallest absolute Gasteiger partial charge is 0.159 e. The van der Waals surface area contributed by atoms with E-state index in [1.165, 1.54) is 12.1 Å². The highest BCUT2D eigenvalue weighted by Gasteiger charge is 2.06. The van der Waals surface area contributed by atoms with Crippen molar-refractivity contribution >= 4 is 11.4 Å². The number of aryl methyl sites for hydroxylation is 1. The molecule has 0 amide bonds. The van der Waals surface area contributed by atoms with Crippen LogP contribution in [0.3, 0.4) is 0 Å². The Kier molecular flexibility index (Phi) is 3.64. The first-order valence-electron chi connectivity index (χ1n) is 5.71. The van der Waals surface area contributed by atoms with Gasteiger partial charge in [-0.05, 0) is 42.3 Å². The molecule has 2 aromatic carbocycles. The summed E-state index contributed by atoms with van der Waals surface area (Å²) in [6, 6.07) is 6.44. The van der Waals surface area contributed by atoms with Gasteiger partial charge in [-0.25, -0.2) is 13.2 Å². The molecule has 0 aliphatic carbocycles. The lowest BCUT2D eigenvalue weighted by Crippen LogP contribution is -2.04. The van der Waals surface area contributed by atoms with Gasteiger partial charge in [0.2, 0.25) is 0 Å². The van der Waals surface area contributed by atoms with Crippen LogP contribution in [0, 0.1) is 24.4 Å². The highest BCUT2D eigenvalue weighted by molar-refractivity contribution is 5.67. The van der Waals surface area contributed by atoms with Crippen LogP contribution in [0.5, 0.6) is 0 Å². The van der Waals surface area contributed by atoms with Gasteiger partial charge < -0.3 is 11.1 Å². The van der Waals surface area contributed by atoms with E-state index in [4.69, 9.17) is 5.73 Å². The maximum absolute atomic E-state index is 13.2. The maximum atomic E-state index is 13.2. The highest BCUT2D eigenvalue weighted by Crippen LogP contribution is 2.23. The summed E-state index contributed by atoms with van der Waals surface area (Å²) in [4.78, 5) is 0. The van der Waals surface area contributed by atoms with Crippen molar-refractivity contribution in [3.63, 3.8) is 0 Å². The molecule has 0 saturated carbocycles. The summed E-state index contributed by atoms with van der Waals surface area (Å²) in [6.45, 7) is 1.89. The molecule has 0 spiro atoms. The predicted octanol–water partition coefficient (Wildman–Crippen LogP) is 3.61. The van der Waals surface area contributed by atoms with Gasteiger partial charge in [0.05, 0.1) is 11.4 Å². The van der Waals surface area contributed by atoms with Gasteiger partial charge in [-0.1, -0.05) is 6.07 Å². The van der Waals surface area contributed by atoms with Crippen LogP contribution < -0.4 is 11.1 Å². The Labute approximate surface area is 109 Å². The average Bonchev–Trinajstić information content (AvgIpc) is 2.36. The molecule has 0 bridgehead atoms. The number of hydrogen-bond donors (Lipinski definition) is 2. The third-order valence-corrected chi connectivity index (χ3v) is 2.80. The second-order valence-electron chi connectivity index (χ2n) is 4.29. The molecule has 0 atom stereocenters. The molecule has 2 rings (SSSR count). The van der Waals surface area contributed by atoms with E-state index in [2.05, 4.69) is 5.32 Å². The van der Waals surface area contributed by atoms with E-state index in [9.17, 15) is 13.2 Å². The molecular formula is C14H13F3N2. The minimum absolute atomic E-state index is 0.269. The number of hydrogen-bond acceptors (Lipinski definition) is 2. The van der Waals surface area contributed by atoms with E-state index < -0.39 is 11.6 Å². The number of halogens is 3. The predicted molar refractivity (Wildman–Crippen MR) is 69.2 cm³/mol. The van der Waals surface area contributed by atoms with Gasteiger partial charge >= 0.3 is 0 Å².